The first-order chi connectivity index (χ1) is 5.74. The Morgan fingerprint density at radius 1 is 1.42 bits per heavy atom. The van der Waals surface area contributed by atoms with Gasteiger partial charge in [-0.15, -0.1) is 0 Å². The molecule has 2 heteroatoms. The van der Waals surface area contributed by atoms with Gasteiger partial charge in [-0.25, -0.2) is 0 Å². The van der Waals surface area contributed by atoms with E-state index in [0.717, 1.165) is 17.9 Å². The van der Waals surface area contributed by atoms with Crippen LogP contribution >= 0.6 is 15.9 Å². The summed E-state index contributed by atoms with van der Waals surface area (Å²) >= 11 is 3.65. The summed E-state index contributed by atoms with van der Waals surface area (Å²) in [4.78, 5) is 0. The van der Waals surface area contributed by atoms with Crippen molar-refractivity contribution in [1.82, 2.24) is 0 Å². The molecule has 70 valence electrons. The third-order valence-electron chi connectivity index (χ3n) is 4.08. The first-order valence-corrected chi connectivity index (χ1v) is 6.07. The van der Waals surface area contributed by atoms with Gasteiger partial charge in [-0.1, -0.05) is 29.8 Å². The van der Waals surface area contributed by atoms with Gasteiger partial charge < -0.3 is 4.74 Å². The minimum absolute atomic E-state index is 0.209. The van der Waals surface area contributed by atoms with Crippen LogP contribution in [0.2, 0.25) is 0 Å². The lowest BCUT2D eigenvalue weighted by Gasteiger charge is -2.35. The van der Waals surface area contributed by atoms with Crippen LogP contribution in [0, 0.1) is 11.3 Å². The number of hydrogen-bond acceptors (Lipinski definition) is 1. The minimum Gasteiger partial charge on any atom is -0.374 e. The Balaban J connectivity index is 2.24. The molecule has 0 bridgehead atoms. The van der Waals surface area contributed by atoms with Gasteiger partial charge in [0.05, 0.1) is 12.2 Å². The summed E-state index contributed by atoms with van der Waals surface area (Å²) in [5.74, 6) is 0.858. The van der Waals surface area contributed by atoms with E-state index in [4.69, 9.17) is 4.74 Å². The fourth-order valence-corrected chi connectivity index (χ4v) is 4.20. The van der Waals surface area contributed by atoms with Crippen LogP contribution in [0.3, 0.4) is 0 Å². The quantitative estimate of drug-likeness (QED) is 0.681. The van der Waals surface area contributed by atoms with Gasteiger partial charge in [0.15, 0.2) is 0 Å². The van der Waals surface area contributed by atoms with Crippen molar-refractivity contribution in [3.8, 4) is 0 Å². The van der Waals surface area contributed by atoms with Crippen molar-refractivity contribution >= 4 is 15.9 Å². The monoisotopic (exact) mass is 232 g/mol. The van der Waals surface area contributed by atoms with E-state index in [1.54, 1.807) is 0 Å². The highest BCUT2D eigenvalue weighted by atomic mass is 79.9. The average molecular weight is 233 g/mol. The van der Waals surface area contributed by atoms with Gasteiger partial charge in [0.2, 0.25) is 0 Å². The van der Waals surface area contributed by atoms with Crippen LogP contribution in [0.25, 0.3) is 0 Å². The van der Waals surface area contributed by atoms with Gasteiger partial charge in [0, 0.05) is 10.7 Å². The Bertz CT molecular complexity index is 184. The zero-order chi connectivity index (χ0) is 8.82. The number of alkyl halides is 1. The van der Waals surface area contributed by atoms with E-state index in [1.807, 2.05) is 0 Å². The van der Waals surface area contributed by atoms with Crippen molar-refractivity contribution in [1.29, 1.82) is 0 Å². The highest BCUT2D eigenvalue weighted by Gasteiger charge is 2.69. The Kier molecular flexibility index (Phi) is 2.04. The van der Waals surface area contributed by atoms with Gasteiger partial charge in [-0.2, -0.15) is 0 Å². The Labute approximate surface area is 83.0 Å². The summed E-state index contributed by atoms with van der Waals surface area (Å²) in [6.45, 7) is 5.52. The molecule has 0 spiro atoms. The van der Waals surface area contributed by atoms with Crippen LogP contribution in [0.15, 0.2) is 0 Å². The summed E-state index contributed by atoms with van der Waals surface area (Å²) in [5.41, 5.74) is 0.720. The number of rotatable bonds is 3. The lowest BCUT2D eigenvalue weighted by atomic mass is 9.81. The maximum Gasteiger partial charge on any atom is 0.0745 e. The van der Waals surface area contributed by atoms with Crippen LogP contribution in [-0.4, -0.2) is 17.5 Å². The van der Waals surface area contributed by atoms with E-state index >= 15 is 0 Å². The summed E-state index contributed by atoms with van der Waals surface area (Å²) < 4.78 is 5.97. The fourth-order valence-electron chi connectivity index (χ4n) is 3.00. The van der Waals surface area contributed by atoms with Gasteiger partial charge in [0.25, 0.3) is 0 Å². The van der Waals surface area contributed by atoms with E-state index in [0.29, 0.717) is 5.41 Å². The molecule has 1 saturated carbocycles. The molecule has 2 fully saturated rings. The molecule has 1 aliphatic heterocycles. The van der Waals surface area contributed by atoms with Crippen molar-refractivity contribution in [3.05, 3.63) is 0 Å². The minimum atomic E-state index is 0.209. The number of ether oxygens (including phenoxy) is 1. The SMILES string of the molecule is CCC1(CC)OCC2CC21CBr. The van der Waals surface area contributed by atoms with Gasteiger partial charge >= 0.3 is 0 Å². The molecule has 0 aromatic carbocycles. The zero-order valence-corrected chi connectivity index (χ0v) is 9.49. The third kappa shape index (κ3) is 0.832. The third-order valence-corrected chi connectivity index (χ3v) is 5.08. The zero-order valence-electron chi connectivity index (χ0n) is 7.90. The summed E-state index contributed by atoms with van der Waals surface area (Å²) in [6.07, 6.45) is 3.73. The highest BCUT2D eigenvalue weighted by Crippen LogP contribution is 2.68. The Hall–Kier alpha value is 0.440. The van der Waals surface area contributed by atoms with Crippen molar-refractivity contribution < 1.29 is 4.74 Å². The molecule has 2 unspecified atom stereocenters. The van der Waals surface area contributed by atoms with Crippen LogP contribution in [0.1, 0.15) is 33.1 Å². The van der Waals surface area contributed by atoms with E-state index in [-0.39, 0.29) is 5.60 Å². The van der Waals surface area contributed by atoms with Crippen LogP contribution in [-0.2, 0) is 4.74 Å². The lowest BCUT2D eigenvalue weighted by molar-refractivity contribution is -0.0538. The first-order valence-electron chi connectivity index (χ1n) is 4.94. The second kappa shape index (κ2) is 2.71. The summed E-state index contributed by atoms with van der Waals surface area (Å²) in [6, 6.07) is 0. The fraction of sp³-hybridized carbons (Fsp3) is 1.00. The molecule has 2 rings (SSSR count). The second-order valence-corrected chi connectivity index (χ2v) is 4.76. The lowest BCUT2D eigenvalue weighted by Crippen LogP contribution is -2.39. The molecule has 12 heavy (non-hydrogen) atoms. The number of halogens is 1. The molecule has 0 aromatic heterocycles. The molecular formula is C10H17BrO. The second-order valence-electron chi connectivity index (χ2n) is 4.20. The molecule has 0 amide bonds. The van der Waals surface area contributed by atoms with Crippen LogP contribution < -0.4 is 0 Å². The smallest absolute Gasteiger partial charge is 0.0745 e. The van der Waals surface area contributed by atoms with Gasteiger partial charge in [-0.05, 0) is 25.2 Å². The molecule has 0 radical (unpaired) electrons. The molecule has 0 aromatic rings. The average Bonchev–Trinajstić information content (AvgIpc) is 2.78. The maximum atomic E-state index is 5.97. The normalized spacial score (nSPS) is 42.8. The highest BCUT2D eigenvalue weighted by molar-refractivity contribution is 9.09. The molecule has 1 aliphatic carbocycles. The predicted molar refractivity (Wildman–Crippen MR) is 53.6 cm³/mol. The first kappa shape index (κ1) is 9.01. The van der Waals surface area contributed by atoms with Gasteiger partial charge in [-0.3, -0.25) is 0 Å². The molecule has 1 heterocycles. The molecule has 0 N–H and O–H groups in total. The van der Waals surface area contributed by atoms with Crippen molar-refractivity contribution in [3.63, 3.8) is 0 Å². The predicted octanol–water partition coefficient (Wildman–Crippen LogP) is 2.98. The number of hydrogen-bond donors (Lipinski definition) is 0. The Morgan fingerprint density at radius 2 is 2.08 bits per heavy atom. The van der Waals surface area contributed by atoms with Gasteiger partial charge in [0.1, 0.15) is 0 Å². The largest absolute Gasteiger partial charge is 0.374 e. The topological polar surface area (TPSA) is 9.23 Å². The molecule has 2 aliphatic rings. The molecular weight excluding hydrogens is 216 g/mol. The molecule has 2 atom stereocenters. The van der Waals surface area contributed by atoms with Crippen LogP contribution in [0.4, 0.5) is 0 Å². The van der Waals surface area contributed by atoms with Crippen molar-refractivity contribution in [2.75, 3.05) is 11.9 Å². The molecule has 1 nitrogen and oxygen atoms in total. The summed E-state index contributed by atoms with van der Waals surface area (Å²) in [5, 5.41) is 1.13. The number of fused-ring (bicyclic) bond motifs is 1. The standard InChI is InChI=1S/C10H17BrO/c1-3-10(4-2)9(7-11)5-8(9)6-12-10/h8H,3-7H2,1-2H3. The maximum absolute atomic E-state index is 5.97. The van der Waals surface area contributed by atoms with E-state index in [1.165, 1.54) is 19.3 Å². The van der Waals surface area contributed by atoms with E-state index < -0.39 is 0 Å². The van der Waals surface area contributed by atoms with Crippen molar-refractivity contribution in [2.45, 2.75) is 38.7 Å². The van der Waals surface area contributed by atoms with E-state index in [9.17, 15) is 0 Å². The Morgan fingerprint density at radius 3 is 2.42 bits per heavy atom. The van der Waals surface area contributed by atoms with Crippen molar-refractivity contribution in [2.24, 2.45) is 11.3 Å². The van der Waals surface area contributed by atoms with E-state index in [2.05, 4.69) is 29.8 Å². The molecule has 1 saturated heterocycles. The van der Waals surface area contributed by atoms with Crippen LogP contribution in [0.5, 0.6) is 0 Å². The summed E-state index contributed by atoms with van der Waals surface area (Å²) in [7, 11) is 0.